The molecule has 0 bridgehead atoms. The highest BCUT2D eigenvalue weighted by atomic mass is 28.4. The molecule has 0 saturated heterocycles. The minimum Gasteiger partial charge on any atom is -0.457 e. The van der Waals surface area contributed by atoms with Gasteiger partial charge in [-0.1, -0.05) is 147 Å². The fourth-order valence-corrected chi connectivity index (χ4v) is 19.9. The second-order valence-corrected chi connectivity index (χ2v) is 43.6. The van der Waals surface area contributed by atoms with Crippen molar-refractivity contribution in [3.05, 3.63) is 48.5 Å². The molecule has 20 heteroatoms. The van der Waals surface area contributed by atoms with Crippen molar-refractivity contribution in [2.24, 2.45) is 0 Å². The molecule has 0 aliphatic rings. The van der Waals surface area contributed by atoms with E-state index in [1.807, 2.05) is 0 Å². The summed E-state index contributed by atoms with van der Waals surface area (Å²) in [6, 6.07) is 21.8. The van der Waals surface area contributed by atoms with Crippen LogP contribution in [0.15, 0.2) is 48.5 Å². The number of aromatic nitrogens is 3. The van der Waals surface area contributed by atoms with Gasteiger partial charge in [-0.2, -0.15) is 15.0 Å². The number of rotatable bonds is 27. The summed E-state index contributed by atoms with van der Waals surface area (Å²) in [5, 5.41) is 12.2. The van der Waals surface area contributed by atoms with E-state index in [-0.39, 0.29) is 17.9 Å². The summed E-state index contributed by atoms with van der Waals surface area (Å²) in [4.78, 5) is 13.5. The van der Waals surface area contributed by atoms with Crippen LogP contribution in [-0.4, -0.2) is 132 Å². The molecule has 2 N–H and O–H groups in total. The van der Waals surface area contributed by atoms with Gasteiger partial charge in [0.15, 0.2) is 6.61 Å². The number of ether oxygens (including phenoxy) is 1. The maximum absolute atomic E-state index is 13.9. The van der Waals surface area contributed by atoms with Crippen molar-refractivity contribution in [2.75, 3.05) is 72.2 Å². The zero-order valence-electron chi connectivity index (χ0n) is 38.9. The number of hydrogen-bond acceptors (Lipinski definition) is 12. The summed E-state index contributed by atoms with van der Waals surface area (Å²) in [6.45, 7) is 18.7. The molecule has 3 rings (SSSR count). The molecule has 2 aromatic carbocycles. The van der Waals surface area contributed by atoms with Gasteiger partial charge in [-0.05, 0) is 0 Å². The third-order valence-electron chi connectivity index (χ3n) is 11.8. The standard InChI is InChI=1S/C40H73F2N5O7Si6/c1-40(41,42)30-54-39-46-37(43-31-57(12,13)35-22-18-33(19-23-35)55(8,9)26-16-28-59(48-2,49-3)50-4)45-38(47-39)44-32-58(14,15)36-24-20-34(21-25-36)56(10,11)27-17-29-60(51-5,52-6)53-7/h18-25H,16-17,26-32H2,1-15H3,(H2,43,44,45,46,47). The lowest BCUT2D eigenvalue weighted by molar-refractivity contribution is -0.0256. The van der Waals surface area contributed by atoms with Gasteiger partial charge in [-0.25, -0.2) is 8.78 Å². The van der Waals surface area contributed by atoms with Crippen LogP contribution in [0.1, 0.15) is 19.8 Å². The predicted octanol–water partition coefficient (Wildman–Crippen LogP) is 6.41. The fraction of sp³-hybridized carbons (Fsp3) is 0.625. The van der Waals surface area contributed by atoms with Crippen LogP contribution in [0.3, 0.4) is 0 Å². The zero-order valence-corrected chi connectivity index (χ0v) is 44.9. The van der Waals surface area contributed by atoms with Crippen molar-refractivity contribution >= 4 is 82.5 Å². The summed E-state index contributed by atoms with van der Waals surface area (Å²) in [5.74, 6) is -2.47. The molecule has 0 fully saturated rings. The Kier molecular flexibility index (Phi) is 19.0. The summed E-state index contributed by atoms with van der Waals surface area (Å²) in [6.07, 6.45) is 3.21. The zero-order chi connectivity index (χ0) is 45.0. The van der Waals surface area contributed by atoms with Crippen LogP contribution in [0.4, 0.5) is 20.7 Å². The van der Waals surface area contributed by atoms with E-state index in [0.29, 0.717) is 12.3 Å². The highest BCUT2D eigenvalue weighted by Crippen LogP contribution is 2.24. The third-order valence-corrected chi connectivity index (χ3v) is 30.4. The first kappa shape index (κ1) is 52.1. The largest absolute Gasteiger partial charge is 0.500 e. The molecule has 0 spiro atoms. The van der Waals surface area contributed by atoms with Crippen LogP contribution < -0.4 is 36.1 Å². The molecule has 0 aliphatic carbocycles. The van der Waals surface area contributed by atoms with Crippen molar-refractivity contribution < 1.29 is 40.1 Å². The first-order valence-corrected chi connectivity index (χ1v) is 37.4. The van der Waals surface area contributed by atoms with E-state index in [2.05, 4.69) is 126 Å². The molecule has 1 heterocycles. The Morgan fingerprint density at radius 2 is 0.783 bits per heavy atom. The van der Waals surface area contributed by atoms with Gasteiger partial charge >= 0.3 is 23.6 Å². The predicted molar refractivity (Wildman–Crippen MR) is 256 cm³/mol. The van der Waals surface area contributed by atoms with E-state index in [1.54, 1.807) is 42.7 Å². The molecule has 0 saturated carbocycles. The minimum absolute atomic E-state index is 0.147. The number of halogens is 2. The third kappa shape index (κ3) is 15.0. The lowest BCUT2D eigenvalue weighted by Crippen LogP contribution is -2.50. The van der Waals surface area contributed by atoms with Gasteiger partial charge in [0.2, 0.25) is 11.9 Å². The van der Waals surface area contributed by atoms with Crippen LogP contribution in [0.5, 0.6) is 6.01 Å². The molecule has 60 heavy (non-hydrogen) atoms. The number of alkyl halides is 2. The second-order valence-electron chi connectivity index (χ2n) is 18.3. The minimum atomic E-state index is -3.04. The quantitative estimate of drug-likeness (QED) is 0.0822. The number of nitrogens with zero attached hydrogens (tertiary/aromatic N) is 3. The first-order chi connectivity index (χ1) is 27.9. The SMILES string of the molecule is CO[Si](CCC[Si](C)(C)c1ccc([Si](C)(C)CNc2nc(NC[Si](C)(C)c3ccc([Si](C)(C)CCC[Si](OC)(OC)OC)cc3)nc(OCC(C)(F)F)n2)cc1)(OC)OC. The van der Waals surface area contributed by atoms with E-state index < -0.39 is 62.4 Å². The Morgan fingerprint density at radius 3 is 1.07 bits per heavy atom. The fourth-order valence-electron chi connectivity index (χ4n) is 7.21. The summed E-state index contributed by atoms with van der Waals surface area (Å²) in [5.41, 5.74) is 0. The lowest BCUT2D eigenvalue weighted by Gasteiger charge is -2.29. The van der Waals surface area contributed by atoms with E-state index in [4.69, 9.17) is 31.3 Å². The molecule has 338 valence electrons. The highest BCUT2D eigenvalue weighted by Gasteiger charge is 2.39. The van der Waals surface area contributed by atoms with Gasteiger partial charge in [0.05, 0.1) is 16.1 Å². The maximum Gasteiger partial charge on any atom is 0.500 e. The molecular formula is C40H73F2N5O7Si6. The first-order valence-electron chi connectivity index (χ1n) is 20.7. The van der Waals surface area contributed by atoms with E-state index in [1.165, 1.54) is 20.7 Å². The Morgan fingerprint density at radius 1 is 0.483 bits per heavy atom. The molecule has 0 atom stereocenters. The van der Waals surface area contributed by atoms with Crippen molar-refractivity contribution in [3.63, 3.8) is 0 Å². The number of benzene rings is 2. The van der Waals surface area contributed by atoms with Gasteiger partial charge in [0, 0.05) is 74.0 Å². The van der Waals surface area contributed by atoms with Gasteiger partial charge in [-0.3, -0.25) is 0 Å². The Bertz CT molecular complexity index is 1630. The Balaban J connectivity index is 1.71. The Hall–Kier alpha value is -2.23. The van der Waals surface area contributed by atoms with Gasteiger partial charge < -0.3 is 41.9 Å². The van der Waals surface area contributed by atoms with Gasteiger partial charge in [0.25, 0.3) is 5.92 Å². The molecule has 0 unspecified atom stereocenters. The van der Waals surface area contributed by atoms with Crippen molar-refractivity contribution in [3.8, 4) is 6.01 Å². The molecule has 0 amide bonds. The van der Waals surface area contributed by atoms with Crippen molar-refractivity contribution in [1.29, 1.82) is 0 Å². The summed E-state index contributed by atoms with van der Waals surface area (Å²) in [7, 11) is -2.78. The lowest BCUT2D eigenvalue weighted by atomic mass is 10.4. The number of anilines is 2. The molecule has 0 aliphatic heterocycles. The van der Waals surface area contributed by atoms with Crippen LogP contribution in [0.2, 0.25) is 76.6 Å². The van der Waals surface area contributed by atoms with E-state index in [0.717, 1.165) is 43.9 Å². The molecule has 1 aromatic heterocycles. The van der Waals surface area contributed by atoms with Crippen molar-refractivity contribution in [2.45, 2.75) is 102 Å². The van der Waals surface area contributed by atoms with E-state index >= 15 is 0 Å². The highest BCUT2D eigenvalue weighted by molar-refractivity contribution is 6.92. The number of hydrogen-bond donors (Lipinski definition) is 2. The number of nitrogens with one attached hydrogen (secondary N) is 2. The van der Waals surface area contributed by atoms with Crippen LogP contribution in [0, 0.1) is 0 Å². The second kappa shape index (κ2) is 21.9. The molecule has 12 nitrogen and oxygen atoms in total. The topological polar surface area (TPSA) is 127 Å². The maximum atomic E-state index is 13.9. The summed E-state index contributed by atoms with van der Waals surface area (Å²) < 4.78 is 66.9. The Labute approximate surface area is 365 Å². The van der Waals surface area contributed by atoms with E-state index in [9.17, 15) is 8.78 Å². The van der Waals surface area contributed by atoms with Gasteiger partial charge in [-0.15, -0.1) is 0 Å². The van der Waals surface area contributed by atoms with Crippen molar-refractivity contribution in [1.82, 2.24) is 15.0 Å². The van der Waals surface area contributed by atoms with Crippen LogP contribution in [0.25, 0.3) is 0 Å². The monoisotopic (exact) mass is 941 g/mol. The molecule has 0 radical (unpaired) electrons. The summed E-state index contributed by atoms with van der Waals surface area (Å²) >= 11 is 0. The van der Waals surface area contributed by atoms with Gasteiger partial charge in [0.1, 0.15) is 16.1 Å². The normalized spacial score (nSPS) is 13.4. The average Bonchev–Trinajstić information content (AvgIpc) is 3.22. The van der Waals surface area contributed by atoms with Crippen LogP contribution >= 0.6 is 0 Å². The molecule has 3 aromatic rings. The smallest absolute Gasteiger partial charge is 0.457 e. The molecular weight excluding hydrogens is 869 g/mol. The average molecular weight is 943 g/mol. The van der Waals surface area contributed by atoms with Crippen LogP contribution in [-0.2, 0) is 26.6 Å².